The number of aromatic amines is 1. The molecule has 7 heteroatoms. The highest BCUT2D eigenvalue weighted by atomic mass is 16.7. The van der Waals surface area contributed by atoms with Crippen LogP contribution in [0.15, 0.2) is 24.4 Å². The number of benzene rings is 1. The molecular formula is C16H19N3O4. The quantitative estimate of drug-likeness (QED) is 0.866. The van der Waals surface area contributed by atoms with Gasteiger partial charge in [0.1, 0.15) is 0 Å². The lowest BCUT2D eigenvalue weighted by Crippen LogP contribution is -2.37. The maximum absolute atomic E-state index is 5.62. The Morgan fingerprint density at radius 2 is 2.17 bits per heavy atom. The molecule has 23 heavy (non-hydrogen) atoms. The van der Waals surface area contributed by atoms with Crippen LogP contribution in [0.1, 0.15) is 5.56 Å². The Morgan fingerprint density at radius 3 is 3.09 bits per heavy atom. The van der Waals surface area contributed by atoms with Crippen LogP contribution in [0.2, 0.25) is 0 Å². The molecule has 122 valence electrons. The molecule has 0 radical (unpaired) electrons. The van der Waals surface area contributed by atoms with E-state index in [0.29, 0.717) is 26.4 Å². The number of nitrogens with zero attached hydrogens (tertiary/aromatic N) is 1. The third kappa shape index (κ3) is 3.17. The first kappa shape index (κ1) is 14.5. The van der Waals surface area contributed by atoms with Crippen molar-refractivity contribution < 1.29 is 18.9 Å². The highest BCUT2D eigenvalue weighted by Gasteiger charge is 2.17. The Labute approximate surface area is 133 Å². The van der Waals surface area contributed by atoms with Crippen LogP contribution in [0.3, 0.4) is 0 Å². The van der Waals surface area contributed by atoms with Gasteiger partial charge in [-0.05, 0) is 18.2 Å². The normalized spacial score (nSPS) is 19.9. The fourth-order valence-corrected chi connectivity index (χ4v) is 2.77. The van der Waals surface area contributed by atoms with Crippen LogP contribution in [0.5, 0.6) is 11.5 Å². The highest BCUT2D eigenvalue weighted by molar-refractivity contribution is 5.66. The summed E-state index contributed by atoms with van der Waals surface area (Å²) in [5.41, 5.74) is 3.11. The summed E-state index contributed by atoms with van der Waals surface area (Å²) in [5.74, 6) is 1.55. The molecule has 2 N–H and O–H groups in total. The summed E-state index contributed by atoms with van der Waals surface area (Å²) >= 11 is 0. The molecule has 0 saturated carbocycles. The standard InChI is InChI=1S/C16H19N3O4/c1-2-14-15(23-10-22-14)5-11(1)16-12(7-18-19-16)6-17-8-13-9-20-3-4-21-13/h1-2,5,7,13,17H,3-4,6,8-10H2,(H,18,19)/t13-/m0/s1. The lowest BCUT2D eigenvalue weighted by molar-refractivity contribution is -0.0864. The second-order valence-electron chi connectivity index (χ2n) is 5.54. The van der Waals surface area contributed by atoms with Crippen molar-refractivity contribution in [1.82, 2.24) is 15.5 Å². The molecule has 0 bridgehead atoms. The first-order chi connectivity index (χ1) is 11.4. The van der Waals surface area contributed by atoms with Crippen molar-refractivity contribution >= 4 is 0 Å². The van der Waals surface area contributed by atoms with Crippen LogP contribution in [-0.2, 0) is 16.0 Å². The zero-order chi connectivity index (χ0) is 15.5. The van der Waals surface area contributed by atoms with Crippen LogP contribution in [-0.4, -0.2) is 49.5 Å². The highest BCUT2D eigenvalue weighted by Crippen LogP contribution is 2.36. The largest absolute Gasteiger partial charge is 0.454 e. The molecule has 0 amide bonds. The third-order valence-corrected chi connectivity index (χ3v) is 3.95. The molecule has 1 atom stereocenters. The fraction of sp³-hybridized carbons (Fsp3) is 0.438. The van der Waals surface area contributed by atoms with E-state index in [1.54, 1.807) is 0 Å². The topological polar surface area (TPSA) is 77.6 Å². The Hall–Kier alpha value is -2.09. The van der Waals surface area contributed by atoms with Gasteiger partial charge in [0, 0.05) is 24.2 Å². The van der Waals surface area contributed by atoms with Gasteiger partial charge in [-0.15, -0.1) is 0 Å². The molecule has 3 heterocycles. The molecular weight excluding hydrogens is 298 g/mol. The van der Waals surface area contributed by atoms with Crippen LogP contribution in [0.4, 0.5) is 0 Å². The monoisotopic (exact) mass is 317 g/mol. The maximum atomic E-state index is 5.62. The second-order valence-corrected chi connectivity index (χ2v) is 5.54. The fourth-order valence-electron chi connectivity index (χ4n) is 2.77. The van der Waals surface area contributed by atoms with E-state index in [1.807, 2.05) is 24.4 Å². The molecule has 7 nitrogen and oxygen atoms in total. The van der Waals surface area contributed by atoms with E-state index in [-0.39, 0.29) is 12.9 Å². The van der Waals surface area contributed by atoms with E-state index in [4.69, 9.17) is 18.9 Å². The molecule has 1 saturated heterocycles. The SMILES string of the molecule is c1cc2c(cc1-c1[nH]ncc1CNC[C@H]1COCCO1)OCO2. The first-order valence-electron chi connectivity index (χ1n) is 7.72. The lowest BCUT2D eigenvalue weighted by atomic mass is 10.1. The van der Waals surface area contributed by atoms with Crippen molar-refractivity contribution in [2.75, 3.05) is 33.2 Å². The van der Waals surface area contributed by atoms with Crippen LogP contribution in [0.25, 0.3) is 11.3 Å². The van der Waals surface area contributed by atoms with Crippen LogP contribution < -0.4 is 14.8 Å². The third-order valence-electron chi connectivity index (χ3n) is 3.95. The Kier molecular flexibility index (Phi) is 4.14. The molecule has 0 spiro atoms. The van der Waals surface area contributed by atoms with Crippen LogP contribution >= 0.6 is 0 Å². The molecule has 4 rings (SSSR count). The van der Waals surface area contributed by atoms with Crippen molar-refractivity contribution in [3.05, 3.63) is 30.0 Å². The molecule has 2 aliphatic heterocycles. The average Bonchev–Trinajstić information content (AvgIpc) is 3.24. The number of ether oxygens (including phenoxy) is 4. The molecule has 1 fully saturated rings. The predicted molar refractivity (Wildman–Crippen MR) is 82.4 cm³/mol. The predicted octanol–water partition coefficient (Wildman–Crippen LogP) is 1.31. The van der Waals surface area contributed by atoms with Gasteiger partial charge in [-0.1, -0.05) is 0 Å². The summed E-state index contributed by atoms with van der Waals surface area (Å²) in [6, 6.07) is 5.89. The van der Waals surface area contributed by atoms with E-state index >= 15 is 0 Å². The minimum absolute atomic E-state index is 0.115. The van der Waals surface area contributed by atoms with E-state index in [1.165, 1.54) is 0 Å². The number of hydrogen-bond acceptors (Lipinski definition) is 6. The number of nitrogens with one attached hydrogen (secondary N) is 2. The summed E-state index contributed by atoms with van der Waals surface area (Å²) < 4.78 is 21.8. The Morgan fingerprint density at radius 1 is 1.22 bits per heavy atom. The average molecular weight is 317 g/mol. The van der Waals surface area contributed by atoms with Gasteiger partial charge in [0.25, 0.3) is 0 Å². The van der Waals surface area contributed by atoms with Gasteiger partial charge < -0.3 is 24.3 Å². The van der Waals surface area contributed by atoms with Gasteiger partial charge >= 0.3 is 0 Å². The van der Waals surface area contributed by atoms with Crippen molar-refractivity contribution in [1.29, 1.82) is 0 Å². The van der Waals surface area contributed by atoms with Crippen molar-refractivity contribution in [2.45, 2.75) is 12.6 Å². The van der Waals surface area contributed by atoms with E-state index in [2.05, 4.69) is 15.5 Å². The lowest BCUT2D eigenvalue weighted by Gasteiger charge is -2.23. The van der Waals surface area contributed by atoms with Gasteiger partial charge in [0.15, 0.2) is 11.5 Å². The Bertz CT molecular complexity index is 667. The number of rotatable bonds is 5. The van der Waals surface area contributed by atoms with Gasteiger partial charge in [0.05, 0.1) is 37.8 Å². The Balaban J connectivity index is 1.41. The zero-order valence-electron chi connectivity index (χ0n) is 12.7. The summed E-state index contributed by atoms with van der Waals surface area (Å²) in [7, 11) is 0. The van der Waals surface area contributed by atoms with E-state index in [9.17, 15) is 0 Å². The van der Waals surface area contributed by atoms with Crippen molar-refractivity contribution in [3.63, 3.8) is 0 Å². The summed E-state index contributed by atoms with van der Waals surface area (Å²) in [4.78, 5) is 0. The van der Waals surface area contributed by atoms with Crippen LogP contribution in [0, 0.1) is 0 Å². The minimum Gasteiger partial charge on any atom is -0.454 e. The number of aromatic nitrogens is 2. The van der Waals surface area contributed by atoms with Gasteiger partial charge in [0.2, 0.25) is 6.79 Å². The van der Waals surface area contributed by atoms with E-state index < -0.39 is 0 Å². The minimum atomic E-state index is 0.115. The summed E-state index contributed by atoms with van der Waals surface area (Å²) in [6.07, 6.45) is 1.95. The molecule has 1 aromatic carbocycles. The molecule has 1 aromatic heterocycles. The summed E-state index contributed by atoms with van der Waals surface area (Å²) in [5, 5.41) is 10.6. The second kappa shape index (κ2) is 6.57. The number of hydrogen-bond donors (Lipinski definition) is 2. The smallest absolute Gasteiger partial charge is 0.231 e. The van der Waals surface area contributed by atoms with E-state index in [0.717, 1.165) is 34.9 Å². The van der Waals surface area contributed by atoms with Gasteiger partial charge in [-0.2, -0.15) is 5.10 Å². The van der Waals surface area contributed by atoms with Gasteiger partial charge in [-0.3, -0.25) is 5.10 Å². The van der Waals surface area contributed by atoms with Crippen molar-refractivity contribution in [3.8, 4) is 22.8 Å². The first-order valence-corrected chi connectivity index (χ1v) is 7.72. The number of fused-ring (bicyclic) bond motifs is 1. The molecule has 2 aliphatic rings. The molecule has 0 unspecified atom stereocenters. The van der Waals surface area contributed by atoms with Crippen molar-refractivity contribution in [2.24, 2.45) is 0 Å². The maximum Gasteiger partial charge on any atom is 0.231 e. The summed E-state index contributed by atoms with van der Waals surface area (Å²) in [6.45, 7) is 3.74. The molecule has 0 aliphatic carbocycles. The van der Waals surface area contributed by atoms with Gasteiger partial charge in [-0.25, -0.2) is 0 Å². The zero-order valence-corrected chi connectivity index (χ0v) is 12.7. The number of H-pyrrole nitrogens is 1. The molecule has 2 aromatic rings.